The minimum atomic E-state index is -3.78. The molecule has 0 aromatic heterocycles. The quantitative estimate of drug-likeness (QED) is 0.591. The predicted molar refractivity (Wildman–Crippen MR) is 94.2 cm³/mol. The van der Waals surface area contributed by atoms with Crippen molar-refractivity contribution in [3.05, 3.63) is 34.4 Å². The lowest BCUT2D eigenvalue weighted by atomic mass is 10.2. The van der Waals surface area contributed by atoms with Gasteiger partial charge in [-0.25, -0.2) is 17.9 Å². The van der Waals surface area contributed by atoms with Gasteiger partial charge in [-0.1, -0.05) is 0 Å². The summed E-state index contributed by atoms with van der Waals surface area (Å²) in [5.41, 5.74) is -0.772. The average Bonchev–Trinajstić information content (AvgIpc) is 2.91. The van der Waals surface area contributed by atoms with Crippen molar-refractivity contribution in [2.24, 2.45) is 0 Å². The minimum Gasteiger partial charge on any atom is -0.444 e. The molecule has 9 nitrogen and oxygen atoms in total. The van der Waals surface area contributed by atoms with Crippen LogP contribution in [-0.4, -0.2) is 37.1 Å². The van der Waals surface area contributed by atoms with Crippen molar-refractivity contribution in [1.82, 2.24) is 10.0 Å². The van der Waals surface area contributed by atoms with Gasteiger partial charge in [0.2, 0.25) is 10.0 Å². The summed E-state index contributed by atoms with van der Waals surface area (Å²) in [6.45, 7) is 5.30. The van der Waals surface area contributed by atoms with Gasteiger partial charge in [-0.05, 0) is 52.2 Å². The van der Waals surface area contributed by atoms with Crippen LogP contribution >= 0.6 is 0 Å². The van der Waals surface area contributed by atoms with E-state index in [2.05, 4.69) is 10.0 Å². The molecule has 2 unspecified atom stereocenters. The van der Waals surface area contributed by atoms with Gasteiger partial charge in [-0.3, -0.25) is 10.1 Å². The number of carbonyl (C=O) groups is 1. The maximum Gasteiger partial charge on any atom is 0.407 e. The Kier molecular flexibility index (Phi) is 5.87. The Hall–Kier alpha value is -2.20. The number of nitro benzene ring substituents is 1. The monoisotopic (exact) mass is 385 g/mol. The Balaban J connectivity index is 1.92. The first-order chi connectivity index (χ1) is 12.0. The largest absolute Gasteiger partial charge is 0.444 e. The molecule has 2 rings (SSSR count). The van der Waals surface area contributed by atoms with E-state index in [0.29, 0.717) is 19.3 Å². The minimum absolute atomic E-state index is 0.0355. The van der Waals surface area contributed by atoms with E-state index >= 15 is 0 Å². The number of alkyl carbamates (subject to hydrolysis) is 1. The van der Waals surface area contributed by atoms with Crippen LogP contribution in [0.4, 0.5) is 10.5 Å². The fraction of sp³-hybridized carbons (Fsp3) is 0.562. The van der Waals surface area contributed by atoms with E-state index in [1.54, 1.807) is 20.8 Å². The van der Waals surface area contributed by atoms with Crippen molar-refractivity contribution in [2.75, 3.05) is 0 Å². The molecule has 1 amide bonds. The Morgan fingerprint density at radius 2 is 1.77 bits per heavy atom. The summed E-state index contributed by atoms with van der Waals surface area (Å²) in [7, 11) is -3.78. The van der Waals surface area contributed by atoms with Gasteiger partial charge in [0.1, 0.15) is 5.60 Å². The third-order valence-corrected chi connectivity index (χ3v) is 5.37. The van der Waals surface area contributed by atoms with Crippen molar-refractivity contribution < 1.29 is 22.9 Å². The normalized spacial score (nSPS) is 20.6. The number of non-ortho nitro benzene ring substituents is 1. The van der Waals surface area contributed by atoms with Gasteiger partial charge in [0.25, 0.3) is 5.69 Å². The molecule has 1 fully saturated rings. The van der Waals surface area contributed by atoms with Crippen LogP contribution in [0.5, 0.6) is 0 Å². The highest BCUT2D eigenvalue weighted by molar-refractivity contribution is 7.89. The van der Waals surface area contributed by atoms with Gasteiger partial charge in [0.15, 0.2) is 0 Å². The lowest BCUT2D eigenvalue weighted by Gasteiger charge is -2.21. The molecule has 0 radical (unpaired) electrons. The molecule has 2 N–H and O–H groups in total. The van der Waals surface area contributed by atoms with E-state index < -0.39 is 26.6 Å². The average molecular weight is 385 g/mol. The lowest BCUT2D eigenvalue weighted by Crippen LogP contribution is -2.39. The molecule has 1 aliphatic rings. The molecule has 1 aromatic rings. The first-order valence-corrected chi connectivity index (χ1v) is 9.71. The summed E-state index contributed by atoms with van der Waals surface area (Å²) in [4.78, 5) is 21.8. The second-order valence-corrected chi connectivity index (χ2v) is 8.94. The zero-order valence-electron chi connectivity index (χ0n) is 14.9. The highest BCUT2D eigenvalue weighted by Crippen LogP contribution is 2.23. The van der Waals surface area contributed by atoms with Crippen molar-refractivity contribution in [2.45, 2.75) is 62.6 Å². The standard InChI is InChI=1S/C16H23N3O6S/c1-16(2,3)25-15(20)17-11-4-5-12(10-11)18-26(23,24)14-8-6-13(7-9-14)19(21)22/h6-9,11-12,18H,4-5,10H2,1-3H3,(H,17,20). The SMILES string of the molecule is CC(C)(C)OC(=O)NC1CCC(NS(=O)(=O)c2ccc([N+](=O)[O-])cc2)C1. The first kappa shape index (κ1) is 20.1. The third kappa shape index (κ3) is 5.67. The molecular weight excluding hydrogens is 362 g/mol. The highest BCUT2D eigenvalue weighted by atomic mass is 32.2. The molecule has 2 atom stereocenters. The van der Waals surface area contributed by atoms with E-state index in [-0.39, 0.29) is 22.7 Å². The van der Waals surface area contributed by atoms with Gasteiger partial charge in [0.05, 0.1) is 9.82 Å². The summed E-state index contributed by atoms with van der Waals surface area (Å²) in [5.74, 6) is 0. The molecule has 0 heterocycles. The number of hydrogen-bond acceptors (Lipinski definition) is 6. The molecule has 0 saturated heterocycles. The number of nitro groups is 1. The first-order valence-electron chi connectivity index (χ1n) is 8.22. The lowest BCUT2D eigenvalue weighted by molar-refractivity contribution is -0.384. The van der Waals surface area contributed by atoms with Gasteiger partial charge < -0.3 is 10.1 Å². The molecule has 0 bridgehead atoms. The van der Waals surface area contributed by atoms with E-state index in [0.717, 1.165) is 12.1 Å². The molecule has 144 valence electrons. The van der Waals surface area contributed by atoms with E-state index in [1.165, 1.54) is 12.1 Å². The van der Waals surface area contributed by atoms with Gasteiger partial charge >= 0.3 is 6.09 Å². The number of carbonyl (C=O) groups excluding carboxylic acids is 1. The topological polar surface area (TPSA) is 128 Å². The predicted octanol–water partition coefficient (Wildman–Crippen LogP) is 2.32. The van der Waals surface area contributed by atoms with Gasteiger partial charge in [-0.2, -0.15) is 0 Å². The third-order valence-electron chi connectivity index (χ3n) is 3.83. The zero-order chi connectivity index (χ0) is 19.5. The van der Waals surface area contributed by atoms with Crippen molar-refractivity contribution in [3.63, 3.8) is 0 Å². The van der Waals surface area contributed by atoms with Crippen LogP contribution in [0.2, 0.25) is 0 Å². The van der Waals surface area contributed by atoms with Gasteiger partial charge in [-0.15, -0.1) is 0 Å². The van der Waals surface area contributed by atoms with Crippen molar-refractivity contribution >= 4 is 21.8 Å². The Bertz CT molecular complexity index is 770. The molecule has 1 saturated carbocycles. The maximum atomic E-state index is 12.4. The summed E-state index contributed by atoms with van der Waals surface area (Å²) in [6.07, 6.45) is 1.13. The number of nitrogens with zero attached hydrogens (tertiary/aromatic N) is 1. The van der Waals surface area contributed by atoms with Crippen molar-refractivity contribution in [3.8, 4) is 0 Å². The number of benzene rings is 1. The van der Waals surface area contributed by atoms with Crippen LogP contribution in [0.3, 0.4) is 0 Å². The summed E-state index contributed by atoms with van der Waals surface area (Å²) in [6, 6.07) is 4.20. The molecule has 1 aliphatic carbocycles. The van der Waals surface area contributed by atoms with Crippen LogP contribution in [0.25, 0.3) is 0 Å². The van der Waals surface area contributed by atoms with Crippen LogP contribution in [0.15, 0.2) is 29.2 Å². The van der Waals surface area contributed by atoms with E-state index in [4.69, 9.17) is 4.74 Å². The Morgan fingerprint density at radius 1 is 1.19 bits per heavy atom. The van der Waals surface area contributed by atoms with E-state index in [9.17, 15) is 23.3 Å². The maximum absolute atomic E-state index is 12.4. The number of hydrogen-bond donors (Lipinski definition) is 2. The molecule has 0 aliphatic heterocycles. The molecule has 1 aromatic carbocycles. The second kappa shape index (κ2) is 7.58. The number of nitrogens with one attached hydrogen (secondary N) is 2. The van der Waals surface area contributed by atoms with E-state index in [1.807, 2.05) is 0 Å². The summed E-state index contributed by atoms with van der Waals surface area (Å²) >= 11 is 0. The van der Waals surface area contributed by atoms with Crippen LogP contribution < -0.4 is 10.0 Å². The number of amides is 1. The molecule has 10 heteroatoms. The smallest absolute Gasteiger partial charge is 0.407 e. The van der Waals surface area contributed by atoms with Crippen molar-refractivity contribution in [1.29, 1.82) is 0 Å². The van der Waals surface area contributed by atoms with Gasteiger partial charge in [0, 0.05) is 24.2 Å². The fourth-order valence-electron chi connectivity index (χ4n) is 2.73. The molecule has 0 spiro atoms. The molecular formula is C16H23N3O6S. The second-order valence-electron chi connectivity index (χ2n) is 7.23. The fourth-order valence-corrected chi connectivity index (χ4v) is 4.01. The Morgan fingerprint density at radius 3 is 2.31 bits per heavy atom. The number of sulfonamides is 1. The number of ether oxygens (including phenoxy) is 1. The van der Waals surface area contributed by atoms with Crippen LogP contribution in [0, 0.1) is 10.1 Å². The molecule has 26 heavy (non-hydrogen) atoms. The summed E-state index contributed by atoms with van der Waals surface area (Å²) in [5, 5.41) is 13.4. The summed E-state index contributed by atoms with van der Waals surface area (Å²) < 4.78 is 32.6. The van der Waals surface area contributed by atoms with Crippen LogP contribution in [-0.2, 0) is 14.8 Å². The highest BCUT2D eigenvalue weighted by Gasteiger charge is 2.30. The number of rotatable bonds is 5. The Labute approximate surface area is 152 Å². The zero-order valence-corrected chi connectivity index (χ0v) is 15.7. The van der Waals surface area contributed by atoms with Crippen LogP contribution in [0.1, 0.15) is 40.0 Å².